The predicted molar refractivity (Wildman–Crippen MR) is 74.5 cm³/mol. The van der Waals surface area contributed by atoms with Gasteiger partial charge in [0, 0.05) is 4.90 Å². The summed E-state index contributed by atoms with van der Waals surface area (Å²) in [5, 5.41) is 0.868. The second kappa shape index (κ2) is 7.99. The Morgan fingerprint density at radius 2 is 2.12 bits per heavy atom. The van der Waals surface area contributed by atoms with Gasteiger partial charge in [-0.25, -0.2) is 0 Å². The SMILES string of the molecule is CCCCCSc1ccc(CCN)cc1Cl. The molecule has 16 heavy (non-hydrogen) atoms. The predicted octanol–water partition coefficient (Wildman–Crippen LogP) is 4.12. The molecule has 0 fully saturated rings. The number of rotatable bonds is 7. The molecule has 1 nitrogen and oxygen atoms in total. The molecule has 0 atom stereocenters. The smallest absolute Gasteiger partial charge is 0.0544 e. The first-order valence-electron chi connectivity index (χ1n) is 5.89. The standard InChI is InChI=1S/C13H20ClNS/c1-2-3-4-9-16-13-6-5-11(7-8-15)10-12(13)14/h5-6,10H,2-4,7-9,15H2,1H3. The van der Waals surface area contributed by atoms with Gasteiger partial charge in [0.25, 0.3) is 0 Å². The number of thioether (sulfide) groups is 1. The summed E-state index contributed by atoms with van der Waals surface area (Å²) in [5.74, 6) is 1.16. The number of hydrogen-bond acceptors (Lipinski definition) is 2. The van der Waals surface area contributed by atoms with E-state index in [4.69, 9.17) is 17.3 Å². The largest absolute Gasteiger partial charge is 0.330 e. The monoisotopic (exact) mass is 257 g/mol. The summed E-state index contributed by atoms with van der Waals surface area (Å²) in [4.78, 5) is 1.19. The van der Waals surface area contributed by atoms with Crippen LogP contribution >= 0.6 is 23.4 Å². The van der Waals surface area contributed by atoms with E-state index in [1.165, 1.54) is 29.7 Å². The van der Waals surface area contributed by atoms with Crippen molar-refractivity contribution in [3.8, 4) is 0 Å². The Labute approximate surface area is 108 Å². The van der Waals surface area contributed by atoms with Crippen LogP contribution in [0.2, 0.25) is 5.02 Å². The highest BCUT2D eigenvalue weighted by molar-refractivity contribution is 7.99. The summed E-state index contributed by atoms with van der Waals surface area (Å²) in [5.41, 5.74) is 6.74. The molecule has 90 valence electrons. The van der Waals surface area contributed by atoms with Gasteiger partial charge in [0.05, 0.1) is 5.02 Å². The maximum Gasteiger partial charge on any atom is 0.0544 e. The highest BCUT2D eigenvalue weighted by Crippen LogP contribution is 2.28. The van der Waals surface area contributed by atoms with Crippen LogP contribution < -0.4 is 5.73 Å². The van der Waals surface area contributed by atoms with Crippen molar-refractivity contribution in [1.82, 2.24) is 0 Å². The zero-order valence-electron chi connectivity index (χ0n) is 9.84. The van der Waals surface area contributed by atoms with Crippen LogP contribution in [0.3, 0.4) is 0 Å². The molecule has 0 unspecified atom stereocenters. The average Bonchev–Trinajstić information content (AvgIpc) is 2.27. The third-order valence-electron chi connectivity index (χ3n) is 2.43. The first-order valence-corrected chi connectivity index (χ1v) is 7.25. The fraction of sp³-hybridized carbons (Fsp3) is 0.538. The van der Waals surface area contributed by atoms with Crippen LogP contribution in [-0.2, 0) is 6.42 Å². The molecule has 0 saturated heterocycles. The molecule has 0 bridgehead atoms. The molecule has 0 amide bonds. The lowest BCUT2D eigenvalue weighted by atomic mass is 10.1. The van der Waals surface area contributed by atoms with Crippen molar-refractivity contribution in [1.29, 1.82) is 0 Å². The molecule has 2 N–H and O–H groups in total. The van der Waals surface area contributed by atoms with Crippen LogP contribution in [0.4, 0.5) is 0 Å². The van der Waals surface area contributed by atoms with Gasteiger partial charge in [-0.3, -0.25) is 0 Å². The van der Waals surface area contributed by atoms with Crippen molar-refractivity contribution in [2.75, 3.05) is 12.3 Å². The molecule has 0 aliphatic carbocycles. The summed E-state index contributed by atoms with van der Waals surface area (Å²) < 4.78 is 0. The highest BCUT2D eigenvalue weighted by Gasteiger charge is 2.02. The Balaban J connectivity index is 2.47. The lowest BCUT2D eigenvalue weighted by molar-refractivity contribution is 0.778. The lowest BCUT2D eigenvalue weighted by Gasteiger charge is -2.06. The van der Waals surface area contributed by atoms with E-state index in [0.717, 1.165) is 17.2 Å². The minimum atomic E-state index is 0.680. The van der Waals surface area contributed by atoms with Crippen molar-refractivity contribution in [2.45, 2.75) is 37.5 Å². The van der Waals surface area contributed by atoms with E-state index in [1.54, 1.807) is 0 Å². The third kappa shape index (κ3) is 4.77. The van der Waals surface area contributed by atoms with Crippen LogP contribution in [0.5, 0.6) is 0 Å². The van der Waals surface area contributed by atoms with Crippen molar-refractivity contribution >= 4 is 23.4 Å². The number of unbranched alkanes of at least 4 members (excludes halogenated alkanes) is 2. The fourth-order valence-electron chi connectivity index (χ4n) is 1.52. The molecule has 1 aromatic rings. The number of benzene rings is 1. The van der Waals surface area contributed by atoms with Crippen LogP contribution in [0, 0.1) is 0 Å². The maximum absolute atomic E-state index is 6.22. The molecule has 0 saturated carbocycles. The van der Waals surface area contributed by atoms with Crippen molar-refractivity contribution in [3.05, 3.63) is 28.8 Å². The van der Waals surface area contributed by atoms with Crippen molar-refractivity contribution < 1.29 is 0 Å². The van der Waals surface area contributed by atoms with Gasteiger partial charge in [0.2, 0.25) is 0 Å². The topological polar surface area (TPSA) is 26.0 Å². The molecule has 0 aliphatic heterocycles. The molecule has 3 heteroatoms. The second-order valence-electron chi connectivity index (χ2n) is 3.86. The van der Waals surface area contributed by atoms with Gasteiger partial charge in [-0.2, -0.15) is 0 Å². The van der Waals surface area contributed by atoms with Gasteiger partial charge in [-0.05, 0) is 42.8 Å². The van der Waals surface area contributed by atoms with Crippen molar-refractivity contribution in [2.24, 2.45) is 5.73 Å². The van der Waals surface area contributed by atoms with E-state index in [9.17, 15) is 0 Å². The number of halogens is 1. The Bertz CT molecular complexity index is 315. The van der Waals surface area contributed by atoms with Gasteiger partial charge in [-0.15, -0.1) is 11.8 Å². The Morgan fingerprint density at radius 3 is 2.75 bits per heavy atom. The molecular weight excluding hydrogens is 238 g/mol. The zero-order valence-corrected chi connectivity index (χ0v) is 11.4. The van der Waals surface area contributed by atoms with E-state index in [-0.39, 0.29) is 0 Å². The average molecular weight is 258 g/mol. The van der Waals surface area contributed by atoms with Gasteiger partial charge in [0.1, 0.15) is 0 Å². The number of hydrogen-bond donors (Lipinski definition) is 1. The summed E-state index contributed by atoms with van der Waals surface area (Å²) in [6, 6.07) is 6.28. The first kappa shape index (κ1) is 13.9. The third-order valence-corrected chi connectivity index (χ3v) is 4.02. The van der Waals surface area contributed by atoms with E-state index >= 15 is 0 Å². The van der Waals surface area contributed by atoms with E-state index < -0.39 is 0 Å². The van der Waals surface area contributed by atoms with Crippen LogP contribution in [0.15, 0.2) is 23.1 Å². The highest BCUT2D eigenvalue weighted by atomic mass is 35.5. The van der Waals surface area contributed by atoms with E-state index in [2.05, 4.69) is 19.1 Å². The normalized spacial score (nSPS) is 10.7. The fourth-order valence-corrected chi connectivity index (χ4v) is 2.81. The molecule has 0 heterocycles. The first-order chi connectivity index (χ1) is 7.77. The zero-order chi connectivity index (χ0) is 11.8. The van der Waals surface area contributed by atoms with Crippen LogP contribution in [0.25, 0.3) is 0 Å². The number of nitrogens with two attached hydrogens (primary N) is 1. The quantitative estimate of drug-likeness (QED) is 0.587. The Morgan fingerprint density at radius 1 is 1.31 bits per heavy atom. The van der Waals surface area contributed by atoms with Crippen LogP contribution in [0.1, 0.15) is 31.7 Å². The van der Waals surface area contributed by atoms with Gasteiger partial charge < -0.3 is 5.73 Å². The molecule has 0 aromatic heterocycles. The maximum atomic E-state index is 6.22. The van der Waals surface area contributed by atoms with Gasteiger partial charge >= 0.3 is 0 Å². The molecule has 1 rings (SSSR count). The van der Waals surface area contributed by atoms with Gasteiger partial charge in [0.15, 0.2) is 0 Å². The molecule has 0 radical (unpaired) electrons. The lowest BCUT2D eigenvalue weighted by Crippen LogP contribution is -2.02. The minimum Gasteiger partial charge on any atom is -0.330 e. The van der Waals surface area contributed by atoms with Gasteiger partial charge in [-0.1, -0.05) is 37.4 Å². The second-order valence-corrected chi connectivity index (χ2v) is 5.40. The summed E-state index contributed by atoms with van der Waals surface area (Å²) in [6.45, 7) is 2.90. The summed E-state index contributed by atoms with van der Waals surface area (Å²) >= 11 is 8.07. The molecular formula is C13H20ClNS. The molecule has 1 aromatic carbocycles. The summed E-state index contributed by atoms with van der Waals surface area (Å²) in [7, 11) is 0. The molecule has 0 aliphatic rings. The summed E-state index contributed by atoms with van der Waals surface area (Å²) in [6.07, 6.45) is 4.74. The van der Waals surface area contributed by atoms with E-state index in [1.807, 2.05) is 17.8 Å². The van der Waals surface area contributed by atoms with E-state index in [0.29, 0.717) is 6.54 Å². The minimum absolute atomic E-state index is 0.680. The van der Waals surface area contributed by atoms with Crippen LogP contribution in [-0.4, -0.2) is 12.3 Å². The Hall–Kier alpha value is -0.180. The molecule has 0 spiro atoms. The Kier molecular flexibility index (Phi) is 6.93. The van der Waals surface area contributed by atoms with Crippen molar-refractivity contribution in [3.63, 3.8) is 0 Å².